The van der Waals surface area contributed by atoms with Crippen molar-refractivity contribution in [2.75, 3.05) is 13.2 Å². The van der Waals surface area contributed by atoms with Crippen molar-refractivity contribution in [2.24, 2.45) is 35.0 Å². The number of unbranched alkanes of at least 4 members (excludes halogenated alkanes) is 1. The van der Waals surface area contributed by atoms with Gasteiger partial charge in [-0.1, -0.05) is 71.9 Å². The zero-order chi connectivity index (χ0) is 48.3. The molecule has 0 bridgehead atoms. The van der Waals surface area contributed by atoms with Crippen LogP contribution >= 0.6 is 0 Å². The topological polar surface area (TPSA) is 348 Å². The van der Waals surface area contributed by atoms with Gasteiger partial charge in [-0.15, -0.1) is 0 Å². The van der Waals surface area contributed by atoms with E-state index in [0.717, 1.165) is 5.56 Å². The lowest BCUT2D eigenvalue weighted by atomic mass is 9.99. The van der Waals surface area contributed by atoms with Gasteiger partial charge in [0.1, 0.15) is 48.3 Å². The number of benzene rings is 1. The van der Waals surface area contributed by atoms with Crippen LogP contribution in [0.3, 0.4) is 0 Å². The summed E-state index contributed by atoms with van der Waals surface area (Å²) in [5.74, 6) is -8.61. The summed E-state index contributed by atoms with van der Waals surface area (Å²) in [4.78, 5) is 122. The second kappa shape index (κ2) is 26.8. The maximum atomic E-state index is 13.9. The normalized spacial score (nSPS) is 21.6. The van der Waals surface area contributed by atoms with Crippen LogP contribution in [0.15, 0.2) is 30.3 Å². The monoisotopic (exact) mass is 902 g/mol. The number of nitrogens with two attached hydrogens (primary N) is 3. The van der Waals surface area contributed by atoms with Crippen LogP contribution in [-0.4, -0.2) is 126 Å². The molecule has 2 rings (SSSR count). The Kier molecular flexibility index (Phi) is 22.8. The minimum Gasteiger partial charge on any atom is -0.394 e. The second-order valence-electron chi connectivity index (χ2n) is 17.6. The Morgan fingerprint density at radius 2 is 1.20 bits per heavy atom. The van der Waals surface area contributed by atoms with E-state index in [1.54, 1.807) is 13.8 Å². The third kappa shape index (κ3) is 18.2. The molecule has 1 fully saturated rings. The number of hydrogen-bond acceptors (Lipinski definition) is 12. The number of carbonyl (C=O) groups excluding carboxylic acids is 9. The molecule has 0 spiro atoms. The van der Waals surface area contributed by atoms with E-state index in [1.807, 2.05) is 58.0 Å². The first-order valence-corrected chi connectivity index (χ1v) is 21.9. The Hall–Kier alpha value is -5.67. The smallest absolute Gasteiger partial charge is 0.245 e. The van der Waals surface area contributed by atoms with Gasteiger partial charge >= 0.3 is 0 Å². The molecule has 1 aromatic rings. The molecule has 9 atom stereocenters. The van der Waals surface area contributed by atoms with Crippen molar-refractivity contribution >= 4 is 53.2 Å². The van der Waals surface area contributed by atoms with Crippen LogP contribution < -0.4 is 59.7 Å². The first-order chi connectivity index (χ1) is 30.1. The third-order valence-electron chi connectivity index (χ3n) is 10.3. The molecular formula is C43H71N11O10. The van der Waals surface area contributed by atoms with E-state index in [9.17, 15) is 48.3 Å². The lowest BCUT2D eigenvalue weighted by Gasteiger charge is -2.30. The summed E-state index contributed by atoms with van der Waals surface area (Å²) in [6, 6.07) is -3.86. The Labute approximate surface area is 375 Å². The molecule has 21 nitrogen and oxygen atoms in total. The highest BCUT2D eigenvalue weighted by molar-refractivity contribution is 6.02. The second-order valence-corrected chi connectivity index (χ2v) is 17.6. The number of rotatable bonds is 22. The fourth-order valence-corrected chi connectivity index (χ4v) is 6.91. The van der Waals surface area contributed by atoms with Gasteiger partial charge in [0, 0.05) is 0 Å². The highest BCUT2D eigenvalue weighted by Crippen LogP contribution is 2.13. The Bertz CT molecular complexity index is 1760. The number of aliphatic hydroxyl groups excluding tert-OH is 1. The Morgan fingerprint density at radius 1 is 0.672 bits per heavy atom. The van der Waals surface area contributed by atoms with Crippen molar-refractivity contribution in [2.45, 2.75) is 148 Å². The summed E-state index contributed by atoms with van der Waals surface area (Å²) < 4.78 is 0. The molecular weight excluding hydrogens is 831 g/mol. The molecule has 1 aromatic carbocycles. The minimum atomic E-state index is -2.02. The van der Waals surface area contributed by atoms with E-state index in [1.165, 1.54) is 6.92 Å². The summed E-state index contributed by atoms with van der Waals surface area (Å²) in [6.07, 6.45) is 1.46. The van der Waals surface area contributed by atoms with Gasteiger partial charge in [0.25, 0.3) is 0 Å². The van der Waals surface area contributed by atoms with Gasteiger partial charge < -0.3 is 64.8 Å². The maximum Gasteiger partial charge on any atom is 0.245 e. The number of primary amides is 1. The van der Waals surface area contributed by atoms with Crippen LogP contribution in [-0.2, 0) is 49.6 Å². The first kappa shape index (κ1) is 54.5. The molecule has 9 amide bonds. The molecule has 1 heterocycles. The minimum absolute atomic E-state index is 0.0251. The van der Waals surface area contributed by atoms with Crippen molar-refractivity contribution in [3.05, 3.63) is 35.9 Å². The molecule has 358 valence electrons. The van der Waals surface area contributed by atoms with Gasteiger partial charge in [-0.2, -0.15) is 0 Å². The summed E-state index contributed by atoms with van der Waals surface area (Å²) in [5, 5.41) is 30.3. The molecule has 1 aliphatic heterocycles. The van der Waals surface area contributed by atoms with Crippen LogP contribution in [0.1, 0.15) is 92.6 Å². The fourth-order valence-electron chi connectivity index (χ4n) is 6.91. The van der Waals surface area contributed by atoms with E-state index in [2.05, 4.69) is 42.5 Å². The van der Waals surface area contributed by atoms with Crippen molar-refractivity contribution in [1.82, 2.24) is 42.5 Å². The van der Waals surface area contributed by atoms with Gasteiger partial charge in [0.15, 0.2) is 0 Å². The maximum absolute atomic E-state index is 13.9. The summed E-state index contributed by atoms with van der Waals surface area (Å²) in [5.41, 5.74) is 18.4. The van der Waals surface area contributed by atoms with Gasteiger partial charge in [0.2, 0.25) is 53.2 Å². The Balaban J connectivity index is 2.42. The highest BCUT2D eigenvalue weighted by Gasteiger charge is 2.41. The summed E-state index contributed by atoms with van der Waals surface area (Å²) in [6.45, 7) is 11.4. The van der Waals surface area contributed by atoms with Gasteiger partial charge in [-0.3, -0.25) is 43.2 Å². The largest absolute Gasteiger partial charge is 0.394 e. The number of nitrogens with one attached hydrogen (secondary N) is 8. The summed E-state index contributed by atoms with van der Waals surface area (Å²) in [7, 11) is 0. The van der Waals surface area contributed by atoms with E-state index in [4.69, 9.17) is 17.2 Å². The zero-order valence-electron chi connectivity index (χ0n) is 38.0. The number of aliphatic hydroxyl groups is 1. The molecule has 0 saturated carbocycles. The number of amides is 9. The summed E-state index contributed by atoms with van der Waals surface area (Å²) >= 11 is 0. The average molecular weight is 902 g/mol. The third-order valence-corrected chi connectivity index (χ3v) is 10.3. The fraction of sp³-hybridized carbons (Fsp3) is 0.651. The molecule has 21 heteroatoms. The molecule has 64 heavy (non-hydrogen) atoms. The molecule has 0 aliphatic carbocycles. The lowest BCUT2D eigenvalue weighted by molar-refractivity contribution is -0.138. The number of carbonyl (C=O) groups is 9. The van der Waals surface area contributed by atoms with Gasteiger partial charge in [-0.05, 0) is 81.7 Å². The molecule has 15 N–H and O–H groups in total. The van der Waals surface area contributed by atoms with Gasteiger partial charge in [0.05, 0.1) is 12.6 Å². The highest BCUT2D eigenvalue weighted by atomic mass is 16.3. The van der Waals surface area contributed by atoms with E-state index in [-0.39, 0.29) is 56.4 Å². The van der Waals surface area contributed by atoms with Crippen LogP contribution in [0.2, 0.25) is 0 Å². The average Bonchev–Trinajstić information content (AvgIpc) is 3.22. The van der Waals surface area contributed by atoms with Gasteiger partial charge in [-0.25, -0.2) is 0 Å². The quantitative estimate of drug-likeness (QED) is 0.0526. The van der Waals surface area contributed by atoms with Crippen LogP contribution in [0, 0.1) is 17.8 Å². The predicted octanol–water partition coefficient (Wildman–Crippen LogP) is -2.79. The molecule has 1 saturated heterocycles. The molecule has 0 aromatic heterocycles. The predicted molar refractivity (Wildman–Crippen MR) is 237 cm³/mol. The standard InChI is InChI=1S/C43H71N11O10/c1-22(2)17-29-40(61)51-31(19-24(5)6)41(62)53-33(35(46)56)34(43(64)47-25(7)36(57)49-29)54-42(63)32(21-55)52-38(59)28(15-11-12-16-44)48-39(60)30(18-23(3)4)50-37(58)27(45)20-26-13-9-8-10-14-26/h8-10,13-14,22-25,27-34,55H,11-12,15-21,44-45H2,1-7H3,(H2,46,56)(H,47,64)(H,48,60)(H,49,57)(H,50,58)(H,51,61)(H,52,59)(H,53,62)(H,54,63)/t25-,27-,28+,29-,30+,31-,32-,33+,34?/m0/s1. The first-order valence-electron chi connectivity index (χ1n) is 21.9. The zero-order valence-corrected chi connectivity index (χ0v) is 38.0. The lowest BCUT2D eigenvalue weighted by Crippen LogP contribution is -2.67. The van der Waals surface area contributed by atoms with E-state index >= 15 is 0 Å². The molecule has 1 unspecified atom stereocenters. The van der Waals surface area contributed by atoms with Crippen LogP contribution in [0.4, 0.5) is 0 Å². The molecule has 0 radical (unpaired) electrons. The molecule has 1 aliphatic rings. The van der Waals surface area contributed by atoms with Crippen molar-refractivity contribution in [1.29, 1.82) is 0 Å². The number of hydrogen-bond donors (Lipinski definition) is 12. The Morgan fingerprint density at radius 3 is 1.73 bits per heavy atom. The van der Waals surface area contributed by atoms with Crippen LogP contribution in [0.25, 0.3) is 0 Å². The van der Waals surface area contributed by atoms with Crippen molar-refractivity contribution in [3.63, 3.8) is 0 Å². The van der Waals surface area contributed by atoms with E-state index in [0.29, 0.717) is 12.8 Å². The van der Waals surface area contributed by atoms with Crippen molar-refractivity contribution < 1.29 is 48.3 Å². The SMILES string of the molecule is CC(C)C[C@@H]1NC(=O)[C@H](C)NC(=O)C(NC(=O)[C@H](CO)NC(=O)[C@@H](CCCCN)NC(=O)[C@@H](CC(C)C)NC(=O)[C@@H](N)Cc2ccccc2)[C@H](C(N)=O)NC(=O)[C@H](CC(C)C)NC1=O. The van der Waals surface area contributed by atoms with E-state index < -0.39 is 114 Å². The van der Waals surface area contributed by atoms with Crippen LogP contribution in [0.5, 0.6) is 0 Å². The van der Waals surface area contributed by atoms with Crippen molar-refractivity contribution in [3.8, 4) is 0 Å².